The number of amides is 2. The van der Waals surface area contributed by atoms with Crippen molar-refractivity contribution in [2.24, 2.45) is 5.92 Å². The van der Waals surface area contributed by atoms with Crippen LogP contribution in [0.15, 0.2) is 22.7 Å². The van der Waals surface area contributed by atoms with Crippen molar-refractivity contribution in [1.29, 1.82) is 0 Å². The maximum Gasteiger partial charge on any atom is 0.227 e. The van der Waals surface area contributed by atoms with E-state index in [1.54, 1.807) is 4.90 Å². The van der Waals surface area contributed by atoms with Crippen LogP contribution in [-0.4, -0.2) is 69.7 Å². The van der Waals surface area contributed by atoms with Gasteiger partial charge in [0.25, 0.3) is 0 Å². The van der Waals surface area contributed by atoms with E-state index in [2.05, 4.69) is 21.2 Å². The second-order valence-electron chi connectivity index (χ2n) is 6.96. The molecule has 1 N–H and O–H groups in total. The first-order valence-electron chi connectivity index (χ1n) is 9.18. The highest BCUT2D eigenvalue weighted by Crippen LogP contribution is 2.28. The largest absolute Gasteiger partial charge is 0.379 e. The van der Waals surface area contributed by atoms with E-state index < -0.39 is 15.9 Å². The van der Waals surface area contributed by atoms with Gasteiger partial charge >= 0.3 is 0 Å². The molecule has 3 rings (SSSR count). The molecule has 0 saturated carbocycles. The molecule has 154 valence electrons. The molecule has 1 unspecified atom stereocenters. The van der Waals surface area contributed by atoms with Crippen molar-refractivity contribution in [2.45, 2.75) is 13.3 Å². The first-order valence-corrected chi connectivity index (χ1v) is 11.6. The maximum absolute atomic E-state index is 12.4. The van der Waals surface area contributed by atoms with E-state index in [-0.39, 0.29) is 30.5 Å². The Labute approximate surface area is 173 Å². The molecular formula is C18H24BrN3O5S. The van der Waals surface area contributed by atoms with Gasteiger partial charge in [-0.2, -0.15) is 4.31 Å². The molecule has 0 radical (unpaired) electrons. The van der Waals surface area contributed by atoms with Crippen molar-refractivity contribution in [3.8, 4) is 0 Å². The lowest BCUT2D eigenvalue weighted by Gasteiger charge is -2.26. The summed E-state index contributed by atoms with van der Waals surface area (Å²) < 4.78 is 32.1. The standard InChI is InChI=1S/C18H24BrN3O5S/c1-13-10-15(2-3-16(13)19)22-12-14(11-17(22)23)18(24)20-4-9-28(25,26)21-5-7-27-8-6-21/h2-3,10,14H,4-9,11-12H2,1H3,(H,20,24). The zero-order valence-electron chi connectivity index (χ0n) is 15.7. The van der Waals surface area contributed by atoms with Crippen molar-refractivity contribution in [1.82, 2.24) is 9.62 Å². The number of benzene rings is 1. The summed E-state index contributed by atoms with van der Waals surface area (Å²) in [5, 5.41) is 2.67. The van der Waals surface area contributed by atoms with Crippen molar-refractivity contribution in [2.75, 3.05) is 50.0 Å². The van der Waals surface area contributed by atoms with Crippen LogP contribution in [0.2, 0.25) is 0 Å². The van der Waals surface area contributed by atoms with Gasteiger partial charge in [-0.05, 0) is 30.7 Å². The van der Waals surface area contributed by atoms with E-state index in [9.17, 15) is 18.0 Å². The van der Waals surface area contributed by atoms with Gasteiger partial charge in [-0.1, -0.05) is 15.9 Å². The monoisotopic (exact) mass is 473 g/mol. The van der Waals surface area contributed by atoms with Gasteiger partial charge in [0, 0.05) is 42.8 Å². The molecule has 0 bridgehead atoms. The second kappa shape index (κ2) is 8.89. The number of aryl methyl sites for hydroxylation is 1. The fraction of sp³-hybridized carbons (Fsp3) is 0.556. The average Bonchev–Trinajstić information content (AvgIpc) is 3.06. The fourth-order valence-electron chi connectivity index (χ4n) is 3.33. The Hall–Kier alpha value is -1.49. The number of hydrogen-bond donors (Lipinski definition) is 1. The highest BCUT2D eigenvalue weighted by molar-refractivity contribution is 9.10. The van der Waals surface area contributed by atoms with E-state index >= 15 is 0 Å². The molecule has 2 amide bonds. The van der Waals surface area contributed by atoms with Crippen molar-refractivity contribution in [3.05, 3.63) is 28.2 Å². The molecule has 28 heavy (non-hydrogen) atoms. The van der Waals surface area contributed by atoms with Crippen molar-refractivity contribution < 1.29 is 22.7 Å². The maximum atomic E-state index is 12.4. The van der Waals surface area contributed by atoms with Crippen LogP contribution in [0.1, 0.15) is 12.0 Å². The van der Waals surface area contributed by atoms with Gasteiger partial charge < -0.3 is 15.0 Å². The predicted octanol–water partition coefficient (Wildman–Crippen LogP) is 0.889. The smallest absolute Gasteiger partial charge is 0.227 e. The number of halogens is 1. The van der Waals surface area contributed by atoms with Gasteiger partial charge in [-0.3, -0.25) is 9.59 Å². The quantitative estimate of drug-likeness (QED) is 0.661. The van der Waals surface area contributed by atoms with Gasteiger partial charge in [-0.15, -0.1) is 0 Å². The molecule has 2 aliphatic rings. The lowest BCUT2D eigenvalue weighted by atomic mass is 10.1. The number of nitrogens with one attached hydrogen (secondary N) is 1. The number of carbonyl (C=O) groups excluding carboxylic acids is 2. The van der Waals surface area contributed by atoms with Crippen LogP contribution in [0.25, 0.3) is 0 Å². The Bertz CT molecular complexity index is 855. The summed E-state index contributed by atoms with van der Waals surface area (Å²) in [5.41, 5.74) is 1.77. The van der Waals surface area contributed by atoms with E-state index in [1.807, 2.05) is 25.1 Å². The summed E-state index contributed by atoms with van der Waals surface area (Å²) in [7, 11) is -3.42. The van der Waals surface area contributed by atoms with Gasteiger partial charge in [0.15, 0.2) is 0 Å². The number of morpholine rings is 1. The Kier molecular flexibility index (Phi) is 6.74. The topological polar surface area (TPSA) is 96.0 Å². The minimum Gasteiger partial charge on any atom is -0.379 e. The number of nitrogens with zero attached hydrogens (tertiary/aromatic N) is 2. The van der Waals surface area contributed by atoms with E-state index in [0.29, 0.717) is 32.8 Å². The predicted molar refractivity (Wildman–Crippen MR) is 109 cm³/mol. The first kappa shape index (κ1) is 21.2. The normalized spacial score (nSPS) is 21.1. The summed E-state index contributed by atoms with van der Waals surface area (Å²) >= 11 is 3.43. The summed E-state index contributed by atoms with van der Waals surface area (Å²) in [4.78, 5) is 26.4. The van der Waals surface area contributed by atoms with Crippen LogP contribution >= 0.6 is 15.9 Å². The van der Waals surface area contributed by atoms with Crippen LogP contribution in [0.4, 0.5) is 5.69 Å². The van der Waals surface area contributed by atoms with Gasteiger partial charge in [0.2, 0.25) is 21.8 Å². The number of hydrogen-bond acceptors (Lipinski definition) is 5. The second-order valence-corrected chi connectivity index (χ2v) is 9.90. The Morgan fingerprint density at radius 3 is 2.71 bits per heavy atom. The zero-order valence-corrected chi connectivity index (χ0v) is 18.1. The molecule has 10 heteroatoms. The molecule has 2 heterocycles. The fourth-order valence-corrected chi connectivity index (χ4v) is 4.90. The molecule has 2 fully saturated rings. The summed E-state index contributed by atoms with van der Waals surface area (Å²) in [5.74, 6) is -1.04. The van der Waals surface area contributed by atoms with Crippen molar-refractivity contribution in [3.63, 3.8) is 0 Å². The first-order chi connectivity index (χ1) is 13.3. The highest BCUT2D eigenvalue weighted by atomic mass is 79.9. The molecule has 1 aromatic carbocycles. The summed E-state index contributed by atoms with van der Waals surface area (Å²) in [6, 6.07) is 5.61. The van der Waals surface area contributed by atoms with E-state index in [0.717, 1.165) is 15.7 Å². The molecule has 1 atom stereocenters. The zero-order chi connectivity index (χ0) is 20.3. The van der Waals surface area contributed by atoms with Gasteiger partial charge in [0.05, 0.1) is 24.9 Å². The number of anilines is 1. The molecule has 0 spiro atoms. The van der Waals surface area contributed by atoms with Gasteiger partial charge in [-0.25, -0.2) is 8.42 Å². The van der Waals surface area contributed by atoms with Crippen LogP contribution in [0.3, 0.4) is 0 Å². The molecular weight excluding hydrogens is 450 g/mol. The Morgan fingerprint density at radius 1 is 1.32 bits per heavy atom. The third-order valence-electron chi connectivity index (χ3n) is 4.97. The molecule has 0 aromatic heterocycles. The van der Waals surface area contributed by atoms with Crippen molar-refractivity contribution >= 4 is 43.5 Å². The SMILES string of the molecule is Cc1cc(N2CC(C(=O)NCCS(=O)(=O)N3CCOCC3)CC2=O)ccc1Br. The minimum atomic E-state index is -3.42. The summed E-state index contributed by atoms with van der Waals surface area (Å²) in [6.45, 7) is 3.72. The molecule has 2 saturated heterocycles. The molecule has 0 aliphatic carbocycles. The summed E-state index contributed by atoms with van der Waals surface area (Å²) in [6.07, 6.45) is 0.122. The van der Waals surface area contributed by atoms with Gasteiger partial charge in [0.1, 0.15) is 0 Å². The van der Waals surface area contributed by atoms with Crippen LogP contribution < -0.4 is 10.2 Å². The van der Waals surface area contributed by atoms with Crippen LogP contribution in [0, 0.1) is 12.8 Å². The highest BCUT2D eigenvalue weighted by Gasteiger charge is 2.35. The average molecular weight is 474 g/mol. The van der Waals surface area contributed by atoms with Crippen LogP contribution in [-0.2, 0) is 24.3 Å². The molecule has 2 aliphatic heterocycles. The van der Waals surface area contributed by atoms with Crippen LogP contribution in [0.5, 0.6) is 0 Å². The number of rotatable bonds is 6. The number of carbonyl (C=O) groups is 2. The van der Waals surface area contributed by atoms with E-state index in [1.165, 1.54) is 4.31 Å². The number of ether oxygens (including phenoxy) is 1. The van der Waals surface area contributed by atoms with E-state index in [4.69, 9.17) is 4.74 Å². The Balaban J connectivity index is 1.52. The third-order valence-corrected chi connectivity index (χ3v) is 7.73. The lowest BCUT2D eigenvalue weighted by molar-refractivity contribution is -0.126. The molecule has 8 nitrogen and oxygen atoms in total. The third kappa shape index (κ3) is 4.91. The Morgan fingerprint density at radius 2 is 2.04 bits per heavy atom. The minimum absolute atomic E-state index is 0.0284. The number of sulfonamides is 1. The lowest BCUT2D eigenvalue weighted by Crippen LogP contribution is -2.44. The molecule has 1 aromatic rings.